The first kappa shape index (κ1) is 8.54. The van der Waals surface area contributed by atoms with Crippen LogP contribution in [-0.2, 0) is 0 Å². The van der Waals surface area contributed by atoms with Crippen molar-refractivity contribution in [2.45, 2.75) is 32.3 Å². The summed E-state index contributed by atoms with van der Waals surface area (Å²) in [7, 11) is 0. The van der Waals surface area contributed by atoms with Gasteiger partial charge in [-0.1, -0.05) is 31.2 Å². The predicted octanol–water partition coefficient (Wildman–Crippen LogP) is 2.28. The molecule has 62 valence electrons. The fraction of sp³-hybridized carbons (Fsp3) is 0.600. The monoisotopic (exact) mass is 152 g/mol. The zero-order chi connectivity index (χ0) is 8.27. The summed E-state index contributed by atoms with van der Waals surface area (Å²) >= 11 is 0. The molecule has 0 amide bonds. The van der Waals surface area contributed by atoms with Crippen LogP contribution in [0.2, 0.25) is 0 Å². The van der Waals surface area contributed by atoms with Gasteiger partial charge in [0.15, 0.2) is 0 Å². The summed E-state index contributed by atoms with van der Waals surface area (Å²) in [4.78, 5) is 0. The Labute approximate surface area is 68.4 Å². The molecule has 1 N–H and O–H groups in total. The Morgan fingerprint density at radius 3 is 2.91 bits per heavy atom. The lowest BCUT2D eigenvalue weighted by Crippen LogP contribution is -2.18. The lowest BCUT2D eigenvalue weighted by atomic mass is 9.84. The molecule has 0 aromatic carbocycles. The summed E-state index contributed by atoms with van der Waals surface area (Å²) in [5.41, 5.74) is 1.35. The molecule has 0 aromatic rings. The second kappa shape index (κ2) is 3.72. The lowest BCUT2D eigenvalue weighted by Gasteiger charge is -2.25. The van der Waals surface area contributed by atoms with Crippen molar-refractivity contribution in [3.8, 4) is 0 Å². The van der Waals surface area contributed by atoms with Crippen LogP contribution < -0.4 is 0 Å². The zero-order valence-corrected chi connectivity index (χ0v) is 7.09. The fourth-order valence-corrected chi connectivity index (χ4v) is 1.59. The number of hydrogen-bond acceptors (Lipinski definition) is 1. The van der Waals surface area contributed by atoms with Gasteiger partial charge in [0.25, 0.3) is 0 Å². The van der Waals surface area contributed by atoms with Crippen LogP contribution in [0.1, 0.15) is 26.2 Å². The minimum Gasteiger partial charge on any atom is -0.393 e. The van der Waals surface area contributed by atoms with Gasteiger partial charge in [-0.05, 0) is 25.2 Å². The lowest BCUT2D eigenvalue weighted by molar-refractivity contribution is 0.138. The highest BCUT2D eigenvalue weighted by Gasteiger charge is 2.19. The van der Waals surface area contributed by atoms with E-state index in [1.807, 2.05) is 12.2 Å². The number of aliphatic hydroxyl groups is 1. The third kappa shape index (κ3) is 2.19. The largest absolute Gasteiger partial charge is 0.393 e. The fourth-order valence-electron chi connectivity index (χ4n) is 1.59. The molecule has 1 aliphatic rings. The molecule has 0 bridgehead atoms. The van der Waals surface area contributed by atoms with Crippen LogP contribution in [0.15, 0.2) is 24.3 Å². The standard InChI is InChI=1S/C10H16O/c1-3-4-9-7-10(11)6-5-8(9)2/h3-4,8,10-11H,1,5-7H2,2H3/b9-4-. The second-order valence-corrected chi connectivity index (χ2v) is 3.31. The molecule has 2 atom stereocenters. The number of hydrogen-bond donors (Lipinski definition) is 1. The maximum Gasteiger partial charge on any atom is 0.0577 e. The summed E-state index contributed by atoms with van der Waals surface area (Å²) in [5.74, 6) is 0.636. The van der Waals surface area contributed by atoms with E-state index in [1.54, 1.807) is 0 Å². The van der Waals surface area contributed by atoms with Gasteiger partial charge in [-0.25, -0.2) is 0 Å². The van der Waals surface area contributed by atoms with E-state index in [4.69, 9.17) is 0 Å². The first-order chi connectivity index (χ1) is 5.24. The average Bonchev–Trinajstić information content (AvgIpc) is 1.98. The molecule has 1 rings (SSSR count). The SMILES string of the molecule is C=C/C=C1/CC(O)CCC1C. The molecule has 1 aliphatic carbocycles. The van der Waals surface area contributed by atoms with Gasteiger partial charge in [0, 0.05) is 0 Å². The van der Waals surface area contributed by atoms with E-state index in [-0.39, 0.29) is 6.10 Å². The Balaban J connectivity index is 2.61. The van der Waals surface area contributed by atoms with Crippen LogP contribution in [0, 0.1) is 5.92 Å². The molecule has 1 nitrogen and oxygen atoms in total. The van der Waals surface area contributed by atoms with Gasteiger partial charge >= 0.3 is 0 Å². The van der Waals surface area contributed by atoms with E-state index in [9.17, 15) is 5.11 Å². The quantitative estimate of drug-likeness (QED) is 0.611. The van der Waals surface area contributed by atoms with Crippen LogP contribution in [0.3, 0.4) is 0 Å². The van der Waals surface area contributed by atoms with Gasteiger partial charge in [0.1, 0.15) is 0 Å². The molecule has 11 heavy (non-hydrogen) atoms. The van der Waals surface area contributed by atoms with Crippen molar-refractivity contribution in [2.24, 2.45) is 5.92 Å². The molecule has 0 aromatic heterocycles. The normalized spacial score (nSPS) is 35.6. The Morgan fingerprint density at radius 2 is 2.27 bits per heavy atom. The molecular formula is C10H16O. The van der Waals surface area contributed by atoms with Gasteiger partial charge < -0.3 is 5.11 Å². The van der Waals surface area contributed by atoms with Crippen LogP contribution in [0.25, 0.3) is 0 Å². The topological polar surface area (TPSA) is 20.2 Å². The van der Waals surface area contributed by atoms with Crippen molar-refractivity contribution in [1.82, 2.24) is 0 Å². The van der Waals surface area contributed by atoms with Gasteiger partial charge in [-0.2, -0.15) is 0 Å². The van der Waals surface area contributed by atoms with E-state index < -0.39 is 0 Å². The highest BCUT2D eigenvalue weighted by molar-refractivity contribution is 5.15. The Morgan fingerprint density at radius 1 is 1.55 bits per heavy atom. The van der Waals surface area contributed by atoms with Gasteiger partial charge in [-0.15, -0.1) is 0 Å². The Bertz CT molecular complexity index is 170. The van der Waals surface area contributed by atoms with E-state index in [1.165, 1.54) is 5.57 Å². The molecule has 1 saturated carbocycles. The smallest absolute Gasteiger partial charge is 0.0577 e. The molecule has 1 heteroatoms. The molecule has 0 aliphatic heterocycles. The number of allylic oxidation sites excluding steroid dienone is 2. The predicted molar refractivity (Wildman–Crippen MR) is 47.3 cm³/mol. The van der Waals surface area contributed by atoms with E-state index in [0.29, 0.717) is 5.92 Å². The van der Waals surface area contributed by atoms with Crippen molar-refractivity contribution in [2.75, 3.05) is 0 Å². The van der Waals surface area contributed by atoms with E-state index >= 15 is 0 Å². The molecule has 0 spiro atoms. The second-order valence-electron chi connectivity index (χ2n) is 3.31. The minimum absolute atomic E-state index is 0.114. The highest BCUT2D eigenvalue weighted by atomic mass is 16.3. The molecule has 2 unspecified atom stereocenters. The van der Waals surface area contributed by atoms with Crippen molar-refractivity contribution < 1.29 is 5.11 Å². The molecule has 0 radical (unpaired) electrons. The van der Waals surface area contributed by atoms with Crippen LogP contribution in [-0.4, -0.2) is 11.2 Å². The maximum absolute atomic E-state index is 9.35. The maximum atomic E-state index is 9.35. The zero-order valence-electron chi connectivity index (χ0n) is 7.09. The van der Waals surface area contributed by atoms with Crippen LogP contribution >= 0.6 is 0 Å². The third-order valence-electron chi connectivity index (χ3n) is 2.37. The van der Waals surface area contributed by atoms with Crippen molar-refractivity contribution >= 4 is 0 Å². The highest BCUT2D eigenvalue weighted by Crippen LogP contribution is 2.28. The van der Waals surface area contributed by atoms with Crippen molar-refractivity contribution in [3.05, 3.63) is 24.3 Å². The van der Waals surface area contributed by atoms with Crippen molar-refractivity contribution in [3.63, 3.8) is 0 Å². The first-order valence-electron chi connectivity index (χ1n) is 4.23. The summed E-state index contributed by atoms with van der Waals surface area (Å²) < 4.78 is 0. The van der Waals surface area contributed by atoms with E-state index in [0.717, 1.165) is 19.3 Å². The van der Waals surface area contributed by atoms with E-state index in [2.05, 4.69) is 13.5 Å². The molecule has 0 heterocycles. The summed E-state index contributed by atoms with van der Waals surface area (Å²) in [5, 5.41) is 9.35. The van der Waals surface area contributed by atoms with Gasteiger partial charge in [0.2, 0.25) is 0 Å². The van der Waals surface area contributed by atoms with Gasteiger partial charge in [0.05, 0.1) is 6.10 Å². The number of aliphatic hydroxyl groups excluding tert-OH is 1. The Hall–Kier alpha value is -0.560. The molecule has 1 fully saturated rings. The van der Waals surface area contributed by atoms with Crippen LogP contribution in [0.5, 0.6) is 0 Å². The summed E-state index contributed by atoms with van der Waals surface area (Å²) in [6.07, 6.45) is 6.64. The molecular weight excluding hydrogens is 136 g/mol. The van der Waals surface area contributed by atoms with Gasteiger partial charge in [-0.3, -0.25) is 0 Å². The van der Waals surface area contributed by atoms with Crippen LogP contribution in [0.4, 0.5) is 0 Å². The third-order valence-corrected chi connectivity index (χ3v) is 2.37. The summed E-state index contributed by atoms with van der Waals surface area (Å²) in [6.45, 7) is 5.87. The van der Waals surface area contributed by atoms with Crippen molar-refractivity contribution in [1.29, 1.82) is 0 Å². The summed E-state index contributed by atoms with van der Waals surface area (Å²) in [6, 6.07) is 0. The molecule has 0 saturated heterocycles. The average molecular weight is 152 g/mol. The Kier molecular flexibility index (Phi) is 2.89. The first-order valence-corrected chi connectivity index (χ1v) is 4.23. The number of rotatable bonds is 1. The minimum atomic E-state index is -0.114.